The molecule has 2 heteroatoms. The van der Waals surface area contributed by atoms with Crippen LogP contribution in [0.15, 0.2) is 46.9 Å². The molecular weight excluding hydrogens is 288 g/mol. The van der Waals surface area contributed by atoms with Gasteiger partial charge in [-0.25, -0.2) is 0 Å². The molecule has 1 nitrogen and oxygen atoms in total. The quantitative estimate of drug-likeness (QED) is 0.738. The largest absolute Gasteiger partial charge is 0.294 e. The third-order valence-corrected chi connectivity index (χ3v) is 3.82. The van der Waals surface area contributed by atoms with Gasteiger partial charge >= 0.3 is 0 Å². The minimum absolute atomic E-state index is 0.103. The predicted octanol–water partition coefficient (Wildman–Crippen LogP) is 4.88. The third-order valence-electron chi connectivity index (χ3n) is 3.04. The second kappa shape index (κ2) is 5.49. The smallest absolute Gasteiger partial charge is 0.160 e. The van der Waals surface area contributed by atoms with E-state index < -0.39 is 0 Å². The fourth-order valence-corrected chi connectivity index (χ4v) is 2.58. The number of benzene rings is 2. The zero-order valence-electron chi connectivity index (χ0n) is 10.5. The summed E-state index contributed by atoms with van der Waals surface area (Å²) in [6.45, 7) is 3.74. The Balaban J connectivity index is 2.58. The van der Waals surface area contributed by atoms with Crippen LogP contribution in [0.3, 0.4) is 0 Å². The average molecular weight is 303 g/mol. The minimum Gasteiger partial charge on any atom is -0.294 e. The molecule has 0 atom stereocenters. The lowest BCUT2D eigenvalue weighted by molar-refractivity contribution is 0.101. The van der Waals surface area contributed by atoms with E-state index in [9.17, 15) is 4.79 Å². The van der Waals surface area contributed by atoms with Crippen LogP contribution in [-0.2, 0) is 6.42 Å². The van der Waals surface area contributed by atoms with Gasteiger partial charge in [0.15, 0.2) is 5.78 Å². The molecule has 2 rings (SSSR count). The molecule has 18 heavy (non-hydrogen) atoms. The van der Waals surface area contributed by atoms with E-state index in [0.717, 1.165) is 27.6 Å². The molecule has 0 saturated heterocycles. The number of Topliss-reactive ketones (excluding diaryl/α,β-unsaturated/α-hetero) is 1. The van der Waals surface area contributed by atoms with Crippen LogP contribution in [0.4, 0.5) is 0 Å². The van der Waals surface area contributed by atoms with Crippen molar-refractivity contribution in [3.05, 3.63) is 58.1 Å². The van der Waals surface area contributed by atoms with Crippen molar-refractivity contribution >= 4 is 21.7 Å². The van der Waals surface area contributed by atoms with Crippen molar-refractivity contribution in [3.63, 3.8) is 0 Å². The normalized spacial score (nSPS) is 10.4. The van der Waals surface area contributed by atoms with Gasteiger partial charge in [-0.15, -0.1) is 0 Å². The van der Waals surface area contributed by atoms with Crippen molar-refractivity contribution < 1.29 is 4.79 Å². The summed E-state index contributed by atoms with van der Waals surface area (Å²) in [4.78, 5) is 11.7. The van der Waals surface area contributed by atoms with Crippen molar-refractivity contribution in [3.8, 4) is 11.1 Å². The monoisotopic (exact) mass is 302 g/mol. The molecular formula is C16H15BrO. The summed E-state index contributed by atoms with van der Waals surface area (Å²) in [5.41, 5.74) is 4.14. The fraction of sp³-hybridized carbons (Fsp3) is 0.188. The number of carbonyl (C=O) groups excluding carboxylic acids is 1. The molecule has 0 aliphatic rings. The Labute approximate surface area is 116 Å². The number of hydrogen-bond donors (Lipinski definition) is 0. The lowest BCUT2D eigenvalue weighted by atomic mass is 9.96. The van der Waals surface area contributed by atoms with Crippen LogP contribution in [0, 0.1) is 0 Å². The molecule has 0 bridgehead atoms. The predicted molar refractivity (Wildman–Crippen MR) is 79.0 cm³/mol. The minimum atomic E-state index is 0.103. The summed E-state index contributed by atoms with van der Waals surface area (Å²) in [5, 5.41) is 0. The van der Waals surface area contributed by atoms with Crippen molar-refractivity contribution in [2.45, 2.75) is 20.3 Å². The average Bonchev–Trinajstić information content (AvgIpc) is 2.39. The molecule has 0 aromatic heterocycles. The summed E-state index contributed by atoms with van der Waals surface area (Å²) < 4.78 is 1.12. The van der Waals surface area contributed by atoms with Crippen LogP contribution in [0.1, 0.15) is 29.8 Å². The molecule has 0 unspecified atom stereocenters. The lowest BCUT2D eigenvalue weighted by Crippen LogP contribution is -1.96. The fourth-order valence-electron chi connectivity index (χ4n) is 2.06. The number of halogens is 1. The van der Waals surface area contributed by atoms with Crippen LogP contribution >= 0.6 is 15.9 Å². The van der Waals surface area contributed by atoms with Gasteiger partial charge in [-0.05, 0) is 36.1 Å². The summed E-state index contributed by atoms with van der Waals surface area (Å²) >= 11 is 3.54. The van der Waals surface area contributed by atoms with Gasteiger partial charge in [-0.1, -0.05) is 59.3 Å². The van der Waals surface area contributed by atoms with Gasteiger partial charge in [0.25, 0.3) is 0 Å². The summed E-state index contributed by atoms with van der Waals surface area (Å²) in [7, 11) is 0. The first-order valence-corrected chi connectivity index (χ1v) is 6.81. The Kier molecular flexibility index (Phi) is 3.97. The Morgan fingerprint density at radius 1 is 1.17 bits per heavy atom. The van der Waals surface area contributed by atoms with Crippen molar-refractivity contribution in [1.82, 2.24) is 0 Å². The van der Waals surface area contributed by atoms with Crippen LogP contribution in [0.2, 0.25) is 0 Å². The maximum Gasteiger partial charge on any atom is 0.160 e. The molecule has 0 radical (unpaired) electrons. The topological polar surface area (TPSA) is 17.1 Å². The Morgan fingerprint density at radius 2 is 1.89 bits per heavy atom. The van der Waals surface area contributed by atoms with Crippen LogP contribution < -0.4 is 0 Å². The molecule has 2 aromatic rings. The highest BCUT2D eigenvalue weighted by molar-refractivity contribution is 9.10. The van der Waals surface area contributed by atoms with Crippen LogP contribution in [0.25, 0.3) is 11.1 Å². The first-order valence-electron chi connectivity index (χ1n) is 6.02. The van der Waals surface area contributed by atoms with Crippen LogP contribution in [0.5, 0.6) is 0 Å². The van der Waals surface area contributed by atoms with Crippen LogP contribution in [-0.4, -0.2) is 5.78 Å². The zero-order valence-corrected chi connectivity index (χ0v) is 12.1. The molecule has 0 fully saturated rings. The van der Waals surface area contributed by atoms with Crippen molar-refractivity contribution in [2.24, 2.45) is 0 Å². The highest BCUT2D eigenvalue weighted by atomic mass is 79.9. The van der Waals surface area contributed by atoms with Gasteiger partial charge in [0.1, 0.15) is 0 Å². The maximum absolute atomic E-state index is 11.7. The highest BCUT2D eigenvalue weighted by Gasteiger charge is 2.09. The van der Waals surface area contributed by atoms with E-state index in [1.54, 1.807) is 6.92 Å². The summed E-state index contributed by atoms with van der Waals surface area (Å²) in [6, 6.07) is 14.0. The third kappa shape index (κ3) is 2.54. The van der Waals surface area contributed by atoms with E-state index >= 15 is 0 Å². The van der Waals surface area contributed by atoms with Gasteiger partial charge in [-0.2, -0.15) is 0 Å². The number of carbonyl (C=O) groups is 1. The Morgan fingerprint density at radius 3 is 2.56 bits per heavy atom. The molecule has 0 N–H and O–H groups in total. The molecule has 0 amide bonds. The molecule has 0 saturated carbocycles. The van der Waals surface area contributed by atoms with Gasteiger partial charge < -0.3 is 0 Å². The van der Waals surface area contributed by atoms with E-state index in [-0.39, 0.29) is 5.78 Å². The second-order valence-electron chi connectivity index (χ2n) is 4.26. The Bertz CT molecular complexity index is 587. The summed E-state index contributed by atoms with van der Waals surface area (Å²) in [5.74, 6) is 0.103. The number of aryl methyl sites for hydroxylation is 1. The summed E-state index contributed by atoms with van der Waals surface area (Å²) in [6.07, 6.45) is 0.969. The molecule has 0 heterocycles. The van der Waals surface area contributed by atoms with E-state index in [4.69, 9.17) is 0 Å². The number of ketones is 1. The maximum atomic E-state index is 11.7. The van der Waals surface area contributed by atoms with Gasteiger partial charge in [0, 0.05) is 10.0 Å². The van der Waals surface area contributed by atoms with E-state index in [0.29, 0.717) is 0 Å². The SMILES string of the molecule is CCc1cc(-c2ccccc2C(C)=O)ccc1Br. The van der Waals surface area contributed by atoms with E-state index in [1.165, 1.54) is 5.56 Å². The molecule has 2 aromatic carbocycles. The van der Waals surface area contributed by atoms with E-state index in [1.807, 2.05) is 36.4 Å². The second-order valence-corrected chi connectivity index (χ2v) is 5.12. The molecule has 92 valence electrons. The molecule has 0 aliphatic carbocycles. The van der Waals surface area contributed by atoms with Gasteiger partial charge in [0.2, 0.25) is 0 Å². The first kappa shape index (κ1) is 13.0. The van der Waals surface area contributed by atoms with Gasteiger partial charge in [0.05, 0.1) is 0 Å². The highest BCUT2D eigenvalue weighted by Crippen LogP contribution is 2.28. The number of rotatable bonds is 3. The standard InChI is InChI=1S/C16H15BrO/c1-3-12-10-13(8-9-16(12)17)15-7-5-4-6-14(15)11(2)18/h4-10H,3H2,1-2H3. The van der Waals surface area contributed by atoms with Crippen molar-refractivity contribution in [2.75, 3.05) is 0 Å². The Hall–Kier alpha value is -1.41. The van der Waals surface area contributed by atoms with E-state index in [2.05, 4.69) is 28.9 Å². The first-order chi connectivity index (χ1) is 8.63. The number of hydrogen-bond acceptors (Lipinski definition) is 1. The molecule has 0 spiro atoms. The zero-order chi connectivity index (χ0) is 13.1. The molecule has 0 aliphatic heterocycles. The lowest BCUT2D eigenvalue weighted by Gasteiger charge is -2.09. The van der Waals surface area contributed by atoms with Crippen molar-refractivity contribution in [1.29, 1.82) is 0 Å². The van der Waals surface area contributed by atoms with Gasteiger partial charge in [-0.3, -0.25) is 4.79 Å².